The molecule has 70 valence electrons. The van der Waals surface area contributed by atoms with Crippen LogP contribution in [-0.2, 0) is 0 Å². The van der Waals surface area contributed by atoms with E-state index in [9.17, 15) is 4.39 Å². The molecule has 0 atom stereocenters. The summed E-state index contributed by atoms with van der Waals surface area (Å²) in [6, 6.07) is 4.72. The lowest BCUT2D eigenvalue weighted by Crippen LogP contribution is -1.96. The van der Waals surface area contributed by atoms with Gasteiger partial charge in [-0.1, -0.05) is 18.7 Å². The van der Waals surface area contributed by atoms with E-state index in [-0.39, 0.29) is 12.4 Å². The molecule has 0 fully saturated rings. The highest BCUT2D eigenvalue weighted by atomic mass is 19.1. The Morgan fingerprint density at radius 1 is 1.62 bits per heavy atom. The third-order valence-electron chi connectivity index (χ3n) is 1.75. The van der Waals surface area contributed by atoms with Crippen molar-refractivity contribution in [2.24, 2.45) is 0 Å². The molecule has 0 aliphatic heterocycles. The van der Waals surface area contributed by atoms with E-state index in [0.717, 1.165) is 0 Å². The highest BCUT2D eigenvalue weighted by molar-refractivity contribution is 5.65. The average molecular weight is 182 g/mol. The first-order chi connectivity index (χ1) is 6.20. The van der Waals surface area contributed by atoms with E-state index in [1.165, 1.54) is 13.2 Å². The van der Waals surface area contributed by atoms with Crippen molar-refractivity contribution in [1.29, 1.82) is 0 Å². The number of ether oxygens (including phenoxy) is 1. The van der Waals surface area contributed by atoms with Gasteiger partial charge in [0.15, 0.2) is 11.6 Å². The van der Waals surface area contributed by atoms with E-state index >= 15 is 0 Å². The van der Waals surface area contributed by atoms with Gasteiger partial charge in [-0.2, -0.15) is 0 Å². The van der Waals surface area contributed by atoms with Crippen molar-refractivity contribution in [3.05, 3.63) is 36.2 Å². The molecule has 0 spiro atoms. The topological polar surface area (TPSA) is 29.5 Å². The summed E-state index contributed by atoms with van der Waals surface area (Å²) in [5.74, 6) is -0.323. The molecule has 1 N–H and O–H groups in total. The van der Waals surface area contributed by atoms with Crippen LogP contribution in [0.15, 0.2) is 24.8 Å². The SMILES string of the molecule is C=C(CO)c1cccc(OC)c1F. The van der Waals surface area contributed by atoms with Crippen molar-refractivity contribution in [3.63, 3.8) is 0 Å². The van der Waals surface area contributed by atoms with Crippen LogP contribution < -0.4 is 4.74 Å². The zero-order chi connectivity index (χ0) is 9.84. The Kier molecular flexibility index (Phi) is 3.03. The summed E-state index contributed by atoms with van der Waals surface area (Å²) in [7, 11) is 1.39. The van der Waals surface area contributed by atoms with Crippen LogP contribution in [0, 0.1) is 5.82 Å². The van der Waals surface area contributed by atoms with Crippen molar-refractivity contribution in [2.75, 3.05) is 13.7 Å². The monoisotopic (exact) mass is 182 g/mol. The molecule has 3 heteroatoms. The van der Waals surface area contributed by atoms with Crippen molar-refractivity contribution >= 4 is 5.57 Å². The van der Waals surface area contributed by atoms with E-state index in [1.54, 1.807) is 12.1 Å². The molecule has 0 aliphatic rings. The molecule has 0 saturated heterocycles. The molecule has 0 unspecified atom stereocenters. The van der Waals surface area contributed by atoms with E-state index in [4.69, 9.17) is 9.84 Å². The molecule has 0 radical (unpaired) electrons. The summed E-state index contributed by atoms with van der Waals surface area (Å²) in [4.78, 5) is 0. The highest BCUT2D eigenvalue weighted by Crippen LogP contribution is 2.24. The van der Waals surface area contributed by atoms with Crippen molar-refractivity contribution in [3.8, 4) is 5.75 Å². The minimum atomic E-state index is -0.482. The number of methoxy groups -OCH3 is 1. The summed E-state index contributed by atoms with van der Waals surface area (Å²) in [6.45, 7) is 3.27. The third-order valence-corrected chi connectivity index (χ3v) is 1.75. The van der Waals surface area contributed by atoms with Gasteiger partial charge in [-0.25, -0.2) is 4.39 Å². The zero-order valence-electron chi connectivity index (χ0n) is 7.38. The minimum Gasteiger partial charge on any atom is -0.494 e. The van der Waals surface area contributed by atoms with E-state index in [1.807, 2.05) is 0 Å². The lowest BCUT2D eigenvalue weighted by Gasteiger charge is -2.07. The lowest BCUT2D eigenvalue weighted by molar-refractivity contribution is 0.349. The molecular formula is C10H11FO2. The average Bonchev–Trinajstić information content (AvgIpc) is 2.17. The van der Waals surface area contributed by atoms with Crippen molar-refractivity contribution in [2.45, 2.75) is 0 Å². The molecule has 2 nitrogen and oxygen atoms in total. The second kappa shape index (κ2) is 4.05. The number of aliphatic hydroxyl groups is 1. The van der Waals surface area contributed by atoms with Crippen LogP contribution in [0.25, 0.3) is 5.57 Å². The Morgan fingerprint density at radius 3 is 2.85 bits per heavy atom. The number of benzene rings is 1. The van der Waals surface area contributed by atoms with Gasteiger partial charge in [0.2, 0.25) is 0 Å². The Hall–Kier alpha value is -1.35. The molecule has 0 bridgehead atoms. The summed E-state index contributed by atoms with van der Waals surface area (Å²) in [6.07, 6.45) is 0. The van der Waals surface area contributed by atoms with E-state index in [2.05, 4.69) is 6.58 Å². The number of hydrogen-bond donors (Lipinski definition) is 1. The Balaban J connectivity index is 3.15. The minimum absolute atomic E-state index is 0.159. The molecule has 1 rings (SSSR count). The van der Waals surface area contributed by atoms with Crippen LogP contribution in [0.5, 0.6) is 5.75 Å². The number of rotatable bonds is 3. The smallest absolute Gasteiger partial charge is 0.172 e. The largest absolute Gasteiger partial charge is 0.494 e. The van der Waals surface area contributed by atoms with Gasteiger partial charge in [-0.15, -0.1) is 0 Å². The van der Waals surface area contributed by atoms with Crippen LogP contribution in [0.1, 0.15) is 5.56 Å². The summed E-state index contributed by atoms with van der Waals surface area (Å²) in [5.41, 5.74) is 0.637. The Bertz CT molecular complexity index is 321. The fourth-order valence-corrected chi connectivity index (χ4v) is 1.03. The van der Waals surface area contributed by atoms with Gasteiger partial charge in [0.1, 0.15) is 0 Å². The molecular weight excluding hydrogens is 171 g/mol. The summed E-state index contributed by atoms with van der Waals surface area (Å²) >= 11 is 0. The quantitative estimate of drug-likeness (QED) is 0.772. The van der Waals surface area contributed by atoms with Crippen molar-refractivity contribution < 1.29 is 14.2 Å². The second-order valence-electron chi connectivity index (χ2n) is 2.58. The fourth-order valence-electron chi connectivity index (χ4n) is 1.03. The van der Waals surface area contributed by atoms with Crippen LogP contribution in [0.2, 0.25) is 0 Å². The standard InChI is InChI=1S/C10H11FO2/c1-7(6-12)8-4-3-5-9(13-2)10(8)11/h3-5,12H,1,6H2,2H3. The van der Waals surface area contributed by atoms with Gasteiger partial charge in [-0.3, -0.25) is 0 Å². The Morgan fingerprint density at radius 2 is 2.31 bits per heavy atom. The van der Waals surface area contributed by atoms with E-state index in [0.29, 0.717) is 11.1 Å². The first-order valence-corrected chi connectivity index (χ1v) is 3.82. The predicted molar refractivity (Wildman–Crippen MR) is 49.1 cm³/mol. The van der Waals surface area contributed by atoms with E-state index < -0.39 is 5.82 Å². The maximum Gasteiger partial charge on any atom is 0.172 e. The van der Waals surface area contributed by atoms with Crippen LogP contribution in [0.3, 0.4) is 0 Å². The van der Waals surface area contributed by atoms with Crippen LogP contribution in [-0.4, -0.2) is 18.8 Å². The summed E-state index contributed by atoms with van der Waals surface area (Å²) in [5, 5.41) is 8.77. The molecule has 0 aromatic heterocycles. The normalized spacial score (nSPS) is 9.77. The van der Waals surface area contributed by atoms with Gasteiger partial charge in [0.25, 0.3) is 0 Å². The summed E-state index contributed by atoms with van der Waals surface area (Å²) < 4.78 is 18.2. The van der Waals surface area contributed by atoms with Crippen LogP contribution in [0.4, 0.5) is 4.39 Å². The lowest BCUT2D eigenvalue weighted by atomic mass is 10.1. The van der Waals surface area contributed by atoms with Gasteiger partial charge in [-0.05, 0) is 11.6 Å². The third kappa shape index (κ3) is 1.87. The molecule has 13 heavy (non-hydrogen) atoms. The Labute approximate surface area is 76.3 Å². The van der Waals surface area contributed by atoms with Gasteiger partial charge in [0.05, 0.1) is 13.7 Å². The molecule has 0 heterocycles. The first-order valence-electron chi connectivity index (χ1n) is 3.82. The molecule has 0 aliphatic carbocycles. The number of halogens is 1. The molecule has 0 saturated carbocycles. The predicted octanol–water partition coefficient (Wildman–Crippen LogP) is 1.84. The van der Waals surface area contributed by atoms with Gasteiger partial charge in [0, 0.05) is 5.56 Å². The first kappa shape index (κ1) is 9.74. The molecule has 1 aromatic rings. The highest BCUT2D eigenvalue weighted by Gasteiger charge is 2.09. The van der Waals surface area contributed by atoms with Crippen molar-refractivity contribution in [1.82, 2.24) is 0 Å². The van der Waals surface area contributed by atoms with Crippen LogP contribution >= 0.6 is 0 Å². The van der Waals surface area contributed by atoms with Gasteiger partial charge >= 0.3 is 0 Å². The maximum atomic E-state index is 13.4. The number of aliphatic hydroxyl groups excluding tert-OH is 1. The molecule has 1 aromatic carbocycles. The maximum absolute atomic E-state index is 13.4. The molecule has 0 amide bonds. The number of hydrogen-bond acceptors (Lipinski definition) is 2. The van der Waals surface area contributed by atoms with Gasteiger partial charge < -0.3 is 9.84 Å². The fraction of sp³-hybridized carbons (Fsp3) is 0.200. The zero-order valence-corrected chi connectivity index (χ0v) is 7.38. The second-order valence-corrected chi connectivity index (χ2v) is 2.58.